The lowest BCUT2D eigenvalue weighted by Crippen LogP contribution is -2.62. The molecule has 1 aliphatic rings. The van der Waals surface area contributed by atoms with Gasteiger partial charge in [0.2, 0.25) is 11.4 Å². The Kier molecular flexibility index (Phi) is 73.0. The number of terminal acetylenes is 1. The summed E-state index contributed by atoms with van der Waals surface area (Å²) in [6.07, 6.45) is 12.6. The molecule has 0 bridgehead atoms. The maximum atomic E-state index is 14.9. The van der Waals surface area contributed by atoms with Crippen molar-refractivity contribution in [3.8, 4) is 12.8 Å². The summed E-state index contributed by atoms with van der Waals surface area (Å²) in [5.41, 5.74) is -5.23. The van der Waals surface area contributed by atoms with Crippen LogP contribution in [0.2, 0.25) is 0 Å². The number of carbonyl (C=O) groups is 8. The number of nitrogens with zero attached hydrogens (tertiary/aromatic N) is 2. The molecule has 34 nitrogen and oxygen atoms in total. The molecular formula is C90H152N4O30S5. The van der Waals surface area contributed by atoms with E-state index >= 15 is 0 Å². The summed E-state index contributed by atoms with van der Waals surface area (Å²) >= 11 is 8.17. The van der Waals surface area contributed by atoms with E-state index in [2.05, 4.69) is 33.3 Å². The fourth-order valence-electron chi connectivity index (χ4n) is 13.1. The Morgan fingerprint density at radius 3 is 1.47 bits per heavy atom. The Balaban J connectivity index is 0.0000413. The second-order valence-electron chi connectivity index (χ2n) is 31.8. The summed E-state index contributed by atoms with van der Waals surface area (Å²) in [6.45, 7) is 39.9. The molecule has 1 aliphatic heterocycles. The van der Waals surface area contributed by atoms with Crippen molar-refractivity contribution in [1.29, 1.82) is 0 Å². The molecule has 0 aromatic carbocycles. The van der Waals surface area contributed by atoms with E-state index in [9.17, 15) is 38.4 Å². The molecule has 2 heterocycles. The smallest absolute Gasteiger partial charge is 0.407 e. The summed E-state index contributed by atoms with van der Waals surface area (Å²) in [5.74, 6) is -1.82. The molecule has 0 aliphatic carbocycles. The van der Waals surface area contributed by atoms with Gasteiger partial charge in [0.25, 0.3) is 0 Å². The third kappa shape index (κ3) is 63.0. The number of thioether (sulfide) groups is 2. The fourth-order valence-corrected chi connectivity index (χ4v) is 18.0. The van der Waals surface area contributed by atoms with Crippen LogP contribution in [0.25, 0.3) is 4.85 Å². The number of thiocarbonyl (C=S) groups is 1. The van der Waals surface area contributed by atoms with E-state index in [4.69, 9.17) is 123 Å². The van der Waals surface area contributed by atoms with Gasteiger partial charge >= 0.3 is 30.0 Å². The van der Waals surface area contributed by atoms with Crippen LogP contribution in [0.5, 0.6) is 0 Å². The summed E-state index contributed by atoms with van der Waals surface area (Å²) < 4.78 is 123. The minimum Gasteiger partial charge on any atom is -0.464 e. The maximum Gasteiger partial charge on any atom is 0.407 e. The molecule has 1 saturated heterocycles. The van der Waals surface area contributed by atoms with Crippen LogP contribution >= 0.6 is 57.3 Å². The van der Waals surface area contributed by atoms with Crippen molar-refractivity contribution in [2.24, 2.45) is 16.7 Å². The molecule has 1 aromatic heterocycles. The summed E-state index contributed by atoms with van der Waals surface area (Å²) in [6, 6.07) is 4.94. The van der Waals surface area contributed by atoms with Gasteiger partial charge in [0.1, 0.15) is 62.4 Å². The lowest BCUT2D eigenvalue weighted by Gasteiger charge is -2.44. The average Bonchev–Trinajstić information content (AvgIpc) is 0.767. The van der Waals surface area contributed by atoms with E-state index in [0.29, 0.717) is 219 Å². The van der Waals surface area contributed by atoms with Gasteiger partial charge in [0.05, 0.1) is 202 Å². The van der Waals surface area contributed by atoms with Gasteiger partial charge in [-0.1, -0.05) is 74.5 Å². The number of carbonyl (C=O) groups excluding carboxylic acids is 8. The normalized spacial score (nSPS) is 16.9. The van der Waals surface area contributed by atoms with E-state index in [0.717, 1.165) is 42.5 Å². The van der Waals surface area contributed by atoms with Gasteiger partial charge < -0.3 is 120 Å². The van der Waals surface area contributed by atoms with Crippen LogP contribution in [0.1, 0.15) is 173 Å². The van der Waals surface area contributed by atoms with Gasteiger partial charge in [-0.2, -0.15) is 0 Å². The second-order valence-corrected chi connectivity index (χ2v) is 38.2. The van der Waals surface area contributed by atoms with E-state index in [1.165, 1.54) is 54.3 Å². The summed E-state index contributed by atoms with van der Waals surface area (Å²) in [4.78, 5) is 114. The van der Waals surface area contributed by atoms with Gasteiger partial charge in [-0.05, 0) is 109 Å². The number of rotatable bonds is 82. The monoisotopic (exact) mass is 1930 g/mol. The highest BCUT2D eigenvalue weighted by atomic mass is 33.1. The molecule has 2 rings (SSSR count). The van der Waals surface area contributed by atoms with Crippen molar-refractivity contribution in [3.63, 3.8) is 0 Å². The lowest BCUT2D eigenvalue weighted by atomic mass is 9.64. The highest BCUT2D eigenvalue weighted by molar-refractivity contribution is 8.76. The van der Waals surface area contributed by atoms with Crippen LogP contribution in [0, 0.1) is 36.2 Å². The number of amides is 2. The van der Waals surface area contributed by atoms with Crippen LogP contribution in [-0.2, 0) is 138 Å². The third-order valence-corrected chi connectivity index (χ3v) is 23.9. The summed E-state index contributed by atoms with van der Waals surface area (Å²) in [5, 5.41) is 6.25. The van der Waals surface area contributed by atoms with Crippen molar-refractivity contribution in [2.75, 3.05) is 243 Å². The molecule has 129 heavy (non-hydrogen) atoms. The highest BCUT2D eigenvalue weighted by Gasteiger charge is 2.56. The van der Waals surface area contributed by atoms with E-state index in [-0.39, 0.29) is 114 Å². The largest absolute Gasteiger partial charge is 0.464 e. The Morgan fingerprint density at radius 1 is 0.535 bits per heavy atom. The van der Waals surface area contributed by atoms with Crippen LogP contribution in [0.3, 0.4) is 0 Å². The van der Waals surface area contributed by atoms with Gasteiger partial charge in [0, 0.05) is 104 Å². The average molecular weight is 1930 g/mol. The van der Waals surface area contributed by atoms with Gasteiger partial charge in [0.15, 0.2) is 6.29 Å². The number of nitrogens with one attached hydrogen (secondary N) is 2. The predicted molar refractivity (Wildman–Crippen MR) is 498 cm³/mol. The molecule has 2 amide bonds. The van der Waals surface area contributed by atoms with Crippen LogP contribution in [-0.4, -0.2) is 340 Å². The first-order chi connectivity index (χ1) is 62.0. The Hall–Kier alpha value is -5.03. The number of alkyl carbamates (subject to hydrolysis) is 1. The number of unbranched alkanes of at least 4 members (excludes halogenated alkanes) is 3. The first-order valence-corrected chi connectivity index (χ1v) is 49.1. The van der Waals surface area contributed by atoms with Gasteiger partial charge in [-0.3, -0.25) is 33.6 Å². The SMILES string of the molecule is C#C.[C-]#[N+]C(C)(CCC(=O)CCCOCCOCCOCCOCCOCCOCCOCCOCCOCCOCCOCCOCCOCCC(=O)CCCCCCO[C@@H]1O[C@H](CC)[C@H](C)[C@H](OC(C)=O)[C@H]1NC(C)=O)CC(C)(CC(C)(CC(C)(SC(=S)SCC)C(=O)OCCOC)C(=O)OCCOCCNC(=O)OC(C)(C)C)C(=O)OCCSSc1ccccn1. The highest BCUT2D eigenvalue weighted by Crippen LogP contribution is 2.50. The van der Waals surface area contributed by atoms with Crippen molar-refractivity contribution >= 4 is 108 Å². The van der Waals surface area contributed by atoms with Gasteiger partial charge in [-0.25, -0.2) is 16.4 Å². The molecular weight excluding hydrogens is 1780 g/mol. The Morgan fingerprint density at radius 2 is 0.992 bits per heavy atom. The molecule has 39 heteroatoms. The second kappa shape index (κ2) is 77.2. The number of hydrogen-bond acceptors (Lipinski definition) is 36. The predicted octanol–water partition coefficient (Wildman–Crippen LogP) is 11.8. The number of methoxy groups -OCH3 is 1. The number of hydrogen-bond donors (Lipinski definition) is 2. The number of ether oxygens (including phenoxy) is 22. The number of aromatic nitrogens is 1. The fraction of sp³-hybridized carbons (Fsp3) is 0.811. The van der Waals surface area contributed by atoms with Gasteiger partial charge in [-0.15, -0.1) is 24.6 Å². The van der Waals surface area contributed by atoms with Crippen molar-refractivity contribution in [3.05, 3.63) is 35.8 Å². The molecule has 2 N–H and O–H groups in total. The number of ketones is 2. The molecule has 4 unspecified atom stereocenters. The molecule has 1 fully saturated rings. The number of esters is 4. The molecule has 9 atom stereocenters. The first kappa shape index (κ1) is 122. The summed E-state index contributed by atoms with van der Waals surface area (Å²) in [7, 11) is 4.34. The van der Waals surface area contributed by atoms with Crippen molar-refractivity contribution < 1.29 is 143 Å². The van der Waals surface area contributed by atoms with E-state index < -0.39 is 75.1 Å². The standard InChI is InChI=1S/C88H150N4O30S5.C2H2/c1-15-74-69(3)77(120-71(5)94)76(92-70(4)93)78(121-74)116-33-22-18-17-19-24-73(96)28-34-103-38-40-106-42-44-108-46-48-110-50-52-112-54-56-114-58-60-115-59-57-113-55-53-111-51-49-109-47-45-107-43-41-105-39-37-102-32-23-25-72(95)27-29-87(11,89-13)67-85(9,79(97)119-64-65-125-127-75-26-20-21-30-90-75)66-86(10,68-88(12,126-83(123)124-16-2)81(99)118-62-36-101-14)80(98)117-63-61-104-35-31-91-82(100)122-84(6,7)8;1-2/h20-21,26,30,69,74,76-78H,15-19,22-25,27-29,31-68H2,1-12,14H3,(H,91,100)(H,92,93);1-2H/t69-,74+,76+,77-,78+,85?,86?,87?,88?;/m0./s1. The molecule has 742 valence electrons. The Labute approximate surface area is 788 Å². The zero-order chi connectivity index (χ0) is 95.6. The Bertz CT molecular complexity index is 3210. The van der Waals surface area contributed by atoms with E-state index in [1.807, 2.05) is 39.0 Å². The minimum atomic E-state index is -1.65. The molecule has 1 aromatic rings. The first-order valence-electron chi connectivity index (χ1n) is 44.6. The molecule has 0 saturated carbocycles. The zero-order valence-electron chi connectivity index (χ0n) is 78.9. The third-order valence-electron chi connectivity index (χ3n) is 19.1. The minimum absolute atomic E-state index is 0.0143. The lowest BCUT2D eigenvalue weighted by molar-refractivity contribution is -0.253. The molecule has 0 spiro atoms. The van der Waals surface area contributed by atoms with Crippen LogP contribution < -0.4 is 10.6 Å². The van der Waals surface area contributed by atoms with E-state index in [1.54, 1.807) is 54.7 Å². The van der Waals surface area contributed by atoms with Crippen molar-refractivity contribution in [1.82, 2.24) is 15.6 Å². The zero-order valence-corrected chi connectivity index (χ0v) is 83.0. The quantitative estimate of drug-likeness (QED) is 0.0116. The van der Waals surface area contributed by atoms with Crippen LogP contribution in [0.15, 0.2) is 29.4 Å². The number of Topliss-reactive ketones (excluding diaryl/α,β-unsaturated/α-hetero) is 2. The topological polar surface area (TPSA) is 381 Å². The molecule has 0 radical (unpaired) electrons. The van der Waals surface area contributed by atoms with Crippen molar-refractivity contribution in [2.45, 2.75) is 218 Å². The maximum absolute atomic E-state index is 14.9. The number of pyridine rings is 1. The van der Waals surface area contributed by atoms with Crippen LogP contribution in [0.4, 0.5) is 4.79 Å².